The first-order valence-corrected chi connectivity index (χ1v) is 11.9. The van der Waals surface area contributed by atoms with Crippen LogP contribution in [0.3, 0.4) is 0 Å². The molecule has 2 amide bonds. The Morgan fingerprint density at radius 3 is 2.61 bits per heavy atom. The fourth-order valence-electron chi connectivity index (χ4n) is 3.69. The average molecular weight is 457 g/mol. The molecule has 0 atom stereocenters. The number of aryl methyl sites for hydroxylation is 1. The van der Waals surface area contributed by atoms with Gasteiger partial charge in [0.05, 0.1) is 28.9 Å². The number of para-hydroxylation sites is 1. The third-order valence-corrected chi connectivity index (χ3v) is 7.16. The molecule has 162 valence electrons. The number of carbonyl (C=O) groups excluding carboxylic acids is 2. The van der Waals surface area contributed by atoms with Crippen molar-refractivity contribution < 1.29 is 14.3 Å². The van der Waals surface area contributed by atoms with Crippen molar-refractivity contribution in [1.82, 2.24) is 9.97 Å². The molecule has 1 aliphatic carbocycles. The van der Waals surface area contributed by atoms with E-state index < -0.39 is 0 Å². The van der Waals surface area contributed by atoms with Crippen molar-refractivity contribution in [2.75, 3.05) is 17.7 Å². The maximum absolute atomic E-state index is 12.6. The maximum atomic E-state index is 12.6. The summed E-state index contributed by atoms with van der Waals surface area (Å²) in [4.78, 5) is 35.0. The van der Waals surface area contributed by atoms with Gasteiger partial charge in [0, 0.05) is 11.3 Å². The number of benzene rings is 1. The highest BCUT2D eigenvalue weighted by Gasteiger charge is 2.22. The number of carbonyl (C=O) groups is 2. The molecule has 9 heteroatoms. The van der Waals surface area contributed by atoms with Gasteiger partial charge in [0.25, 0.3) is 5.91 Å². The molecule has 1 aromatic carbocycles. The Kier molecular flexibility index (Phi) is 6.62. The van der Waals surface area contributed by atoms with Gasteiger partial charge < -0.3 is 10.1 Å². The molecular formula is C22H24N4O3S2. The maximum Gasteiger partial charge on any atom is 0.261 e. The van der Waals surface area contributed by atoms with Crippen LogP contribution in [0, 0.1) is 12.8 Å². The normalized spacial score (nSPS) is 14.3. The Balaban J connectivity index is 1.45. The first kappa shape index (κ1) is 21.5. The number of hydrogen-bond acceptors (Lipinski definition) is 7. The Bertz CT molecular complexity index is 1090. The van der Waals surface area contributed by atoms with Crippen LogP contribution in [0.4, 0.5) is 10.3 Å². The lowest BCUT2D eigenvalue weighted by Crippen LogP contribution is -2.24. The molecule has 3 aromatic rings. The van der Waals surface area contributed by atoms with Gasteiger partial charge in [-0.05, 0) is 31.9 Å². The fraction of sp³-hybridized carbons (Fsp3) is 0.364. The third kappa shape index (κ3) is 4.94. The summed E-state index contributed by atoms with van der Waals surface area (Å²) in [6.45, 7) is 1.88. The van der Waals surface area contributed by atoms with Crippen LogP contribution in [0.2, 0.25) is 0 Å². The highest BCUT2D eigenvalue weighted by molar-refractivity contribution is 7.20. The summed E-state index contributed by atoms with van der Waals surface area (Å²) in [5.41, 5.74) is 1.97. The van der Waals surface area contributed by atoms with E-state index >= 15 is 0 Å². The number of amides is 2. The van der Waals surface area contributed by atoms with Crippen LogP contribution in [0.1, 0.15) is 48.2 Å². The SMILES string of the molecule is COc1ccccc1C(=O)Nc1nc(C)c(-c2csc(NC(=O)C3CCCCC3)n2)s1. The Hall–Kier alpha value is -2.78. The van der Waals surface area contributed by atoms with Crippen LogP contribution in [0.25, 0.3) is 10.6 Å². The largest absolute Gasteiger partial charge is 0.496 e. The van der Waals surface area contributed by atoms with Gasteiger partial charge in [-0.1, -0.05) is 42.7 Å². The minimum absolute atomic E-state index is 0.0615. The van der Waals surface area contributed by atoms with Crippen molar-refractivity contribution in [3.63, 3.8) is 0 Å². The fourth-order valence-corrected chi connectivity index (χ4v) is 5.39. The standard InChI is InChI=1S/C22H24N4O3S2/c1-13-18(16-12-30-21(24-16)25-19(27)14-8-4-3-5-9-14)31-22(23-13)26-20(28)15-10-6-7-11-17(15)29-2/h6-7,10-12,14H,3-5,8-9H2,1-2H3,(H,23,26,28)(H,24,25,27). The summed E-state index contributed by atoms with van der Waals surface area (Å²) >= 11 is 2.76. The van der Waals surface area contributed by atoms with Crippen molar-refractivity contribution in [2.45, 2.75) is 39.0 Å². The van der Waals surface area contributed by atoms with E-state index in [1.807, 2.05) is 18.4 Å². The molecule has 4 rings (SSSR count). The summed E-state index contributed by atoms with van der Waals surface area (Å²) in [6.07, 6.45) is 5.35. The molecule has 31 heavy (non-hydrogen) atoms. The molecule has 2 aromatic heterocycles. The number of aromatic nitrogens is 2. The number of ether oxygens (including phenoxy) is 1. The second-order valence-electron chi connectivity index (χ2n) is 7.45. The number of nitrogens with zero attached hydrogens (tertiary/aromatic N) is 2. The number of hydrogen-bond donors (Lipinski definition) is 2. The van der Waals surface area contributed by atoms with E-state index in [4.69, 9.17) is 4.74 Å². The first-order valence-electron chi connectivity index (χ1n) is 10.2. The van der Waals surface area contributed by atoms with E-state index in [1.165, 1.54) is 36.2 Å². The molecular weight excluding hydrogens is 432 g/mol. The van der Waals surface area contributed by atoms with Crippen LogP contribution in [0.5, 0.6) is 5.75 Å². The molecule has 0 unspecified atom stereocenters. The Morgan fingerprint density at radius 1 is 1.06 bits per heavy atom. The van der Waals surface area contributed by atoms with E-state index in [0.29, 0.717) is 21.6 Å². The van der Waals surface area contributed by atoms with Crippen LogP contribution in [-0.4, -0.2) is 28.9 Å². The molecule has 7 nitrogen and oxygen atoms in total. The number of methoxy groups -OCH3 is 1. The minimum Gasteiger partial charge on any atom is -0.496 e. The minimum atomic E-state index is -0.281. The van der Waals surface area contributed by atoms with Gasteiger partial charge >= 0.3 is 0 Å². The van der Waals surface area contributed by atoms with E-state index in [1.54, 1.807) is 18.2 Å². The van der Waals surface area contributed by atoms with Crippen molar-refractivity contribution in [3.05, 3.63) is 40.9 Å². The number of rotatable bonds is 6. The third-order valence-electron chi connectivity index (χ3n) is 5.31. The van der Waals surface area contributed by atoms with Crippen molar-refractivity contribution >= 4 is 44.8 Å². The van der Waals surface area contributed by atoms with E-state index in [0.717, 1.165) is 41.9 Å². The molecule has 0 radical (unpaired) electrons. The van der Waals surface area contributed by atoms with Crippen LogP contribution in [-0.2, 0) is 4.79 Å². The number of nitrogens with one attached hydrogen (secondary N) is 2. The molecule has 0 saturated heterocycles. The van der Waals surface area contributed by atoms with Crippen LogP contribution >= 0.6 is 22.7 Å². The Morgan fingerprint density at radius 2 is 1.84 bits per heavy atom. The van der Waals surface area contributed by atoms with Crippen LogP contribution in [0.15, 0.2) is 29.6 Å². The average Bonchev–Trinajstić information content (AvgIpc) is 3.40. The lowest BCUT2D eigenvalue weighted by atomic mass is 9.89. The quantitative estimate of drug-likeness (QED) is 0.521. The second kappa shape index (κ2) is 9.57. The zero-order valence-electron chi connectivity index (χ0n) is 17.4. The summed E-state index contributed by atoms with van der Waals surface area (Å²) < 4.78 is 5.26. The summed E-state index contributed by atoms with van der Waals surface area (Å²) in [6, 6.07) is 7.05. The van der Waals surface area contributed by atoms with Crippen molar-refractivity contribution in [3.8, 4) is 16.3 Å². The molecule has 0 bridgehead atoms. The summed E-state index contributed by atoms with van der Waals surface area (Å²) in [5, 5.41) is 8.79. The monoisotopic (exact) mass is 456 g/mol. The molecule has 1 fully saturated rings. The van der Waals surface area contributed by atoms with Gasteiger partial charge in [0.2, 0.25) is 5.91 Å². The first-order chi connectivity index (χ1) is 15.0. The summed E-state index contributed by atoms with van der Waals surface area (Å²) in [5.74, 6) is 0.372. The predicted octanol–water partition coefficient (Wildman–Crippen LogP) is 5.35. The topological polar surface area (TPSA) is 93.2 Å². The van der Waals surface area contributed by atoms with E-state index in [-0.39, 0.29) is 17.7 Å². The van der Waals surface area contributed by atoms with Crippen molar-refractivity contribution in [2.24, 2.45) is 5.92 Å². The highest BCUT2D eigenvalue weighted by Crippen LogP contribution is 2.35. The van der Waals surface area contributed by atoms with Gasteiger partial charge in [-0.2, -0.15) is 0 Å². The van der Waals surface area contributed by atoms with Gasteiger partial charge in [-0.15, -0.1) is 11.3 Å². The number of anilines is 2. The number of thiazole rings is 2. The molecule has 2 N–H and O–H groups in total. The lowest BCUT2D eigenvalue weighted by Gasteiger charge is -2.19. The van der Waals surface area contributed by atoms with Crippen LogP contribution < -0.4 is 15.4 Å². The highest BCUT2D eigenvalue weighted by atomic mass is 32.1. The van der Waals surface area contributed by atoms with Gasteiger partial charge in [-0.25, -0.2) is 9.97 Å². The lowest BCUT2D eigenvalue weighted by molar-refractivity contribution is -0.120. The zero-order valence-corrected chi connectivity index (χ0v) is 19.1. The van der Waals surface area contributed by atoms with Crippen molar-refractivity contribution in [1.29, 1.82) is 0 Å². The molecule has 0 aliphatic heterocycles. The Labute approximate surface area is 188 Å². The van der Waals surface area contributed by atoms with Gasteiger partial charge in [-0.3, -0.25) is 14.9 Å². The smallest absolute Gasteiger partial charge is 0.261 e. The van der Waals surface area contributed by atoms with Gasteiger partial charge in [0.15, 0.2) is 10.3 Å². The van der Waals surface area contributed by atoms with E-state index in [9.17, 15) is 9.59 Å². The second-order valence-corrected chi connectivity index (χ2v) is 9.31. The zero-order chi connectivity index (χ0) is 21.8. The molecule has 1 saturated carbocycles. The summed E-state index contributed by atoms with van der Waals surface area (Å²) in [7, 11) is 1.53. The molecule has 0 spiro atoms. The molecule has 2 heterocycles. The van der Waals surface area contributed by atoms with Gasteiger partial charge in [0.1, 0.15) is 5.75 Å². The predicted molar refractivity (Wildman–Crippen MR) is 124 cm³/mol. The van der Waals surface area contributed by atoms with E-state index in [2.05, 4.69) is 20.6 Å². The molecule has 1 aliphatic rings.